The van der Waals surface area contributed by atoms with Crippen molar-refractivity contribution in [1.29, 1.82) is 0 Å². The smallest absolute Gasteiger partial charge is 0.271 e. The SMILES string of the molecule is CCNc1cnc(C(=O)NCCc2ccccc2C)cn1. The topological polar surface area (TPSA) is 66.9 Å². The van der Waals surface area contributed by atoms with Gasteiger partial charge < -0.3 is 10.6 Å². The van der Waals surface area contributed by atoms with Crippen LogP contribution in [0.15, 0.2) is 36.7 Å². The van der Waals surface area contributed by atoms with Crippen molar-refractivity contribution in [3.8, 4) is 0 Å². The molecule has 0 saturated heterocycles. The minimum absolute atomic E-state index is 0.195. The molecule has 0 atom stereocenters. The molecule has 2 N–H and O–H groups in total. The van der Waals surface area contributed by atoms with Gasteiger partial charge in [0.1, 0.15) is 11.5 Å². The lowest BCUT2D eigenvalue weighted by molar-refractivity contribution is 0.0949. The third kappa shape index (κ3) is 4.27. The van der Waals surface area contributed by atoms with E-state index in [-0.39, 0.29) is 5.91 Å². The zero-order valence-corrected chi connectivity index (χ0v) is 12.4. The average molecular weight is 284 g/mol. The van der Waals surface area contributed by atoms with Gasteiger partial charge in [-0.3, -0.25) is 4.79 Å². The Morgan fingerprint density at radius 1 is 1.19 bits per heavy atom. The number of rotatable bonds is 6. The summed E-state index contributed by atoms with van der Waals surface area (Å²) in [5.41, 5.74) is 2.81. The quantitative estimate of drug-likeness (QED) is 0.853. The maximum atomic E-state index is 12.0. The lowest BCUT2D eigenvalue weighted by Gasteiger charge is -2.07. The molecule has 1 aromatic carbocycles. The fourth-order valence-corrected chi connectivity index (χ4v) is 2.01. The van der Waals surface area contributed by atoms with E-state index in [1.165, 1.54) is 17.3 Å². The molecule has 2 aromatic rings. The number of anilines is 1. The Hall–Kier alpha value is -2.43. The number of nitrogens with one attached hydrogen (secondary N) is 2. The van der Waals surface area contributed by atoms with E-state index in [9.17, 15) is 4.79 Å². The molecule has 1 heterocycles. The first-order chi connectivity index (χ1) is 10.2. The second-order valence-electron chi connectivity index (χ2n) is 4.75. The summed E-state index contributed by atoms with van der Waals surface area (Å²) in [6, 6.07) is 8.17. The summed E-state index contributed by atoms with van der Waals surface area (Å²) in [4.78, 5) is 20.2. The second kappa shape index (κ2) is 7.38. The number of carbonyl (C=O) groups is 1. The summed E-state index contributed by atoms with van der Waals surface area (Å²) in [5.74, 6) is 0.480. The number of aromatic nitrogens is 2. The molecule has 0 bridgehead atoms. The summed E-state index contributed by atoms with van der Waals surface area (Å²) >= 11 is 0. The van der Waals surface area contributed by atoms with Crippen LogP contribution in [0.1, 0.15) is 28.5 Å². The molecule has 0 aliphatic rings. The molecule has 0 radical (unpaired) electrons. The van der Waals surface area contributed by atoms with Crippen LogP contribution in [-0.4, -0.2) is 29.0 Å². The highest BCUT2D eigenvalue weighted by Gasteiger charge is 2.07. The van der Waals surface area contributed by atoms with Crippen molar-refractivity contribution in [2.24, 2.45) is 0 Å². The van der Waals surface area contributed by atoms with Gasteiger partial charge in [0.2, 0.25) is 0 Å². The summed E-state index contributed by atoms with van der Waals surface area (Å²) in [5, 5.41) is 5.90. The van der Waals surface area contributed by atoms with Crippen LogP contribution in [0.2, 0.25) is 0 Å². The number of nitrogens with zero attached hydrogens (tertiary/aromatic N) is 2. The standard InChI is InChI=1S/C16H20N4O/c1-3-17-15-11-19-14(10-20-15)16(21)18-9-8-13-7-5-4-6-12(13)2/h4-7,10-11H,3,8-9H2,1-2H3,(H,17,20)(H,18,21). The number of hydrogen-bond acceptors (Lipinski definition) is 4. The first-order valence-corrected chi connectivity index (χ1v) is 7.09. The molecule has 5 nitrogen and oxygen atoms in total. The molecule has 0 fully saturated rings. The van der Waals surface area contributed by atoms with Crippen molar-refractivity contribution in [3.63, 3.8) is 0 Å². The van der Waals surface area contributed by atoms with Gasteiger partial charge in [-0.05, 0) is 31.4 Å². The fourth-order valence-electron chi connectivity index (χ4n) is 2.01. The Morgan fingerprint density at radius 3 is 2.67 bits per heavy atom. The Labute approximate surface area is 124 Å². The van der Waals surface area contributed by atoms with Gasteiger partial charge in [-0.2, -0.15) is 0 Å². The van der Waals surface area contributed by atoms with Crippen LogP contribution in [0.3, 0.4) is 0 Å². The number of amides is 1. The van der Waals surface area contributed by atoms with E-state index in [1.807, 2.05) is 19.1 Å². The van der Waals surface area contributed by atoms with E-state index in [0.29, 0.717) is 18.1 Å². The maximum Gasteiger partial charge on any atom is 0.271 e. The fraction of sp³-hybridized carbons (Fsp3) is 0.312. The van der Waals surface area contributed by atoms with E-state index < -0.39 is 0 Å². The zero-order valence-electron chi connectivity index (χ0n) is 12.4. The van der Waals surface area contributed by atoms with Gasteiger partial charge in [0.05, 0.1) is 12.4 Å². The first kappa shape index (κ1) is 15.0. The van der Waals surface area contributed by atoms with Crippen molar-refractivity contribution in [2.75, 3.05) is 18.4 Å². The van der Waals surface area contributed by atoms with Crippen LogP contribution < -0.4 is 10.6 Å². The molecular weight excluding hydrogens is 264 g/mol. The predicted octanol–water partition coefficient (Wildman–Crippen LogP) is 2.19. The van der Waals surface area contributed by atoms with Gasteiger partial charge >= 0.3 is 0 Å². The highest BCUT2D eigenvalue weighted by atomic mass is 16.1. The summed E-state index contributed by atoms with van der Waals surface area (Å²) < 4.78 is 0. The molecular formula is C16H20N4O. The molecule has 0 aliphatic carbocycles. The Kier molecular flexibility index (Phi) is 5.26. The predicted molar refractivity (Wildman–Crippen MR) is 83.4 cm³/mol. The van der Waals surface area contributed by atoms with E-state index in [0.717, 1.165) is 13.0 Å². The van der Waals surface area contributed by atoms with Crippen LogP contribution in [-0.2, 0) is 6.42 Å². The van der Waals surface area contributed by atoms with Gasteiger partial charge in [0.25, 0.3) is 5.91 Å². The molecule has 21 heavy (non-hydrogen) atoms. The largest absolute Gasteiger partial charge is 0.369 e. The van der Waals surface area contributed by atoms with Crippen molar-refractivity contribution in [3.05, 3.63) is 53.5 Å². The van der Waals surface area contributed by atoms with Crippen molar-refractivity contribution in [1.82, 2.24) is 15.3 Å². The molecule has 0 unspecified atom stereocenters. The first-order valence-electron chi connectivity index (χ1n) is 7.09. The van der Waals surface area contributed by atoms with Crippen LogP contribution in [0.25, 0.3) is 0 Å². The third-order valence-electron chi connectivity index (χ3n) is 3.18. The molecule has 5 heteroatoms. The zero-order chi connectivity index (χ0) is 15.1. The molecule has 0 spiro atoms. The number of carbonyl (C=O) groups excluding carboxylic acids is 1. The molecule has 0 aliphatic heterocycles. The van der Waals surface area contributed by atoms with E-state index in [1.54, 1.807) is 6.20 Å². The van der Waals surface area contributed by atoms with Crippen molar-refractivity contribution >= 4 is 11.7 Å². The van der Waals surface area contributed by atoms with E-state index >= 15 is 0 Å². The molecule has 0 saturated carbocycles. The lowest BCUT2D eigenvalue weighted by Crippen LogP contribution is -2.26. The average Bonchev–Trinajstić information content (AvgIpc) is 2.50. The molecule has 1 amide bonds. The van der Waals surface area contributed by atoms with Gasteiger partial charge in [0, 0.05) is 13.1 Å². The second-order valence-corrected chi connectivity index (χ2v) is 4.75. The van der Waals surface area contributed by atoms with Crippen molar-refractivity contribution in [2.45, 2.75) is 20.3 Å². The van der Waals surface area contributed by atoms with Gasteiger partial charge in [-0.25, -0.2) is 9.97 Å². The summed E-state index contributed by atoms with van der Waals surface area (Å²) in [6.45, 7) is 5.41. The maximum absolute atomic E-state index is 12.0. The van der Waals surface area contributed by atoms with Gasteiger partial charge in [-0.15, -0.1) is 0 Å². The molecule has 1 aromatic heterocycles. The Bertz CT molecular complexity index is 595. The number of hydrogen-bond donors (Lipinski definition) is 2. The molecule has 110 valence electrons. The third-order valence-corrected chi connectivity index (χ3v) is 3.18. The Morgan fingerprint density at radius 2 is 2.00 bits per heavy atom. The normalized spacial score (nSPS) is 10.2. The number of aryl methyl sites for hydroxylation is 1. The van der Waals surface area contributed by atoms with Gasteiger partial charge in [-0.1, -0.05) is 24.3 Å². The van der Waals surface area contributed by atoms with Crippen LogP contribution in [0, 0.1) is 6.92 Å². The highest BCUT2D eigenvalue weighted by molar-refractivity contribution is 5.91. The summed E-state index contributed by atoms with van der Waals surface area (Å²) in [7, 11) is 0. The summed E-state index contributed by atoms with van der Waals surface area (Å²) in [6.07, 6.45) is 3.86. The minimum Gasteiger partial charge on any atom is -0.369 e. The monoisotopic (exact) mass is 284 g/mol. The van der Waals surface area contributed by atoms with Crippen LogP contribution in [0.5, 0.6) is 0 Å². The Balaban J connectivity index is 1.85. The van der Waals surface area contributed by atoms with Crippen LogP contribution >= 0.6 is 0 Å². The highest BCUT2D eigenvalue weighted by Crippen LogP contribution is 2.07. The molecule has 2 rings (SSSR count). The minimum atomic E-state index is -0.195. The lowest BCUT2D eigenvalue weighted by atomic mass is 10.1. The van der Waals surface area contributed by atoms with Crippen LogP contribution in [0.4, 0.5) is 5.82 Å². The van der Waals surface area contributed by atoms with Gasteiger partial charge in [0.15, 0.2) is 0 Å². The van der Waals surface area contributed by atoms with E-state index in [4.69, 9.17) is 0 Å². The van der Waals surface area contributed by atoms with E-state index in [2.05, 4.69) is 39.7 Å². The number of benzene rings is 1. The van der Waals surface area contributed by atoms with Crippen molar-refractivity contribution < 1.29 is 4.79 Å².